The number of nitrogen functional groups attached to an aromatic ring is 1. The number of benzene rings is 1. The molecule has 3 N–H and O–H groups in total. The molecule has 0 fully saturated rings. The van der Waals surface area contributed by atoms with Gasteiger partial charge in [0.25, 0.3) is 0 Å². The molecule has 1 heterocycles. The molecule has 0 saturated heterocycles. The maximum absolute atomic E-state index is 13.2. The summed E-state index contributed by atoms with van der Waals surface area (Å²) in [6.45, 7) is 3.86. The van der Waals surface area contributed by atoms with Gasteiger partial charge in [-0.05, 0) is 29.2 Å². The molecule has 0 aliphatic heterocycles. The van der Waals surface area contributed by atoms with Crippen molar-refractivity contribution >= 4 is 34.6 Å². The molecule has 0 bridgehead atoms. The molecule has 1 aromatic heterocycles. The molecule has 106 valence electrons. The van der Waals surface area contributed by atoms with Gasteiger partial charge in [0.05, 0.1) is 10.7 Å². The number of rotatable bonds is 3. The van der Waals surface area contributed by atoms with E-state index in [0.717, 1.165) is 21.8 Å². The molecule has 1 aromatic carbocycles. The average molecular weight is 314 g/mol. The van der Waals surface area contributed by atoms with Crippen molar-refractivity contribution in [2.24, 2.45) is 0 Å². The zero-order valence-corrected chi connectivity index (χ0v) is 12.5. The van der Waals surface area contributed by atoms with Gasteiger partial charge < -0.3 is 10.8 Å². The van der Waals surface area contributed by atoms with Gasteiger partial charge in [-0.15, -0.1) is 11.3 Å². The van der Waals surface area contributed by atoms with Crippen molar-refractivity contribution in [1.29, 1.82) is 0 Å². The molecule has 6 heteroatoms. The first-order chi connectivity index (χ1) is 9.32. The number of aromatic carboxylic acids is 1. The van der Waals surface area contributed by atoms with Crippen LogP contribution in [0.2, 0.25) is 5.02 Å². The summed E-state index contributed by atoms with van der Waals surface area (Å²) >= 11 is 6.87. The summed E-state index contributed by atoms with van der Waals surface area (Å²) in [5.41, 5.74) is 7.64. The summed E-state index contributed by atoms with van der Waals surface area (Å²) in [5, 5.41) is 9.18. The van der Waals surface area contributed by atoms with Crippen LogP contribution in [0.3, 0.4) is 0 Å². The van der Waals surface area contributed by atoms with Crippen LogP contribution in [0.15, 0.2) is 18.2 Å². The highest BCUT2D eigenvalue weighted by atomic mass is 35.5. The van der Waals surface area contributed by atoms with Gasteiger partial charge in [-0.2, -0.15) is 0 Å². The largest absolute Gasteiger partial charge is 0.477 e. The third kappa shape index (κ3) is 2.51. The van der Waals surface area contributed by atoms with Crippen LogP contribution in [-0.2, 0) is 0 Å². The van der Waals surface area contributed by atoms with Crippen LogP contribution in [0.1, 0.15) is 35.0 Å². The average Bonchev–Trinajstić information content (AvgIpc) is 2.70. The fraction of sp³-hybridized carbons (Fsp3) is 0.214. The van der Waals surface area contributed by atoms with Crippen LogP contribution >= 0.6 is 22.9 Å². The second-order valence-electron chi connectivity index (χ2n) is 4.68. The third-order valence-corrected chi connectivity index (χ3v) is 4.48. The van der Waals surface area contributed by atoms with E-state index in [2.05, 4.69) is 0 Å². The van der Waals surface area contributed by atoms with Gasteiger partial charge in [-0.3, -0.25) is 0 Å². The van der Waals surface area contributed by atoms with Crippen LogP contribution in [0, 0.1) is 5.82 Å². The molecular weight excluding hydrogens is 301 g/mol. The number of nitrogens with two attached hydrogens (primary N) is 1. The van der Waals surface area contributed by atoms with E-state index in [9.17, 15) is 14.3 Å². The highest BCUT2D eigenvalue weighted by molar-refractivity contribution is 7.18. The molecule has 0 amide bonds. The summed E-state index contributed by atoms with van der Waals surface area (Å²) in [6, 6.07) is 4.32. The Bertz CT molecular complexity index is 682. The van der Waals surface area contributed by atoms with Crippen LogP contribution in [0.4, 0.5) is 10.1 Å². The van der Waals surface area contributed by atoms with Gasteiger partial charge >= 0.3 is 5.97 Å². The van der Waals surface area contributed by atoms with Crippen molar-refractivity contribution in [3.63, 3.8) is 0 Å². The van der Waals surface area contributed by atoms with E-state index >= 15 is 0 Å². The van der Waals surface area contributed by atoms with Gasteiger partial charge in [0.1, 0.15) is 10.7 Å². The Kier molecular flexibility index (Phi) is 4.01. The minimum absolute atomic E-state index is 0.000975. The van der Waals surface area contributed by atoms with E-state index in [1.165, 1.54) is 12.1 Å². The standard InChI is InChI=1S/C14H13ClFNO2S/c1-6(2)10-11(17)13(14(18)19)20-12(10)7-3-4-9(16)8(15)5-7/h3-6H,17H2,1-2H3,(H,18,19). The lowest BCUT2D eigenvalue weighted by molar-refractivity contribution is 0.0703. The predicted octanol–water partition coefficient (Wildman–Crippen LogP) is 4.61. The van der Waals surface area contributed by atoms with Crippen molar-refractivity contribution in [2.45, 2.75) is 19.8 Å². The highest BCUT2D eigenvalue weighted by Crippen LogP contribution is 2.43. The molecule has 2 rings (SSSR count). The Labute approximate surface area is 124 Å². The van der Waals surface area contributed by atoms with Crippen LogP contribution < -0.4 is 5.73 Å². The molecule has 20 heavy (non-hydrogen) atoms. The van der Waals surface area contributed by atoms with Gasteiger partial charge in [0.2, 0.25) is 0 Å². The van der Waals surface area contributed by atoms with Crippen LogP contribution in [-0.4, -0.2) is 11.1 Å². The molecule has 3 nitrogen and oxygen atoms in total. The number of thiophene rings is 1. The fourth-order valence-corrected chi connectivity index (χ4v) is 3.43. The second-order valence-corrected chi connectivity index (χ2v) is 6.10. The molecule has 0 aliphatic rings. The lowest BCUT2D eigenvalue weighted by Gasteiger charge is -2.09. The van der Waals surface area contributed by atoms with Crippen molar-refractivity contribution in [3.05, 3.63) is 39.5 Å². The number of hydrogen-bond donors (Lipinski definition) is 2. The van der Waals surface area contributed by atoms with Crippen molar-refractivity contribution in [3.8, 4) is 10.4 Å². The molecule has 0 spiro atoms. The molecular formula is C14H13ClFNO2S. The first kappa shape index (κ1) is 14.8. The highest BCUT2D eigenvalue weighted by Gasteiger charge is 2.23. The molecule has 0 atom stereocenters. The summed E-state index contributed by atoms with van der Waals surface area (Å²) in [5.74, 6) is -1.52. The Balaban J connectivity index is 2.69. The molecule has 0 unspecified atom stereocenters. The second kappa shape index (κ2) is 5.42. The molecule has 2 aromatic rings. The van der Waals surface area contributed by atoms with E-state index in [1.54, 1.807) is 6.07 Å². The monoisotopic (exact) mass is 313 g/mol. The Hall–Kier alpha value is -1.59. The number of carboxylic acid groups (broad SMARTS) is 1. The number of hydrogen-bond acceptors (Lipinski definition) is 3. The summed E-state index contributed by atoms with van der Waals surface area (Å²) < 4.78 is 13.2. The van der Waals surface area contributed by atoms with Crippen LogP contribution in [0.25, 0.3) is 10.4 Å². The maximum atomic E-state index is 13.2. The lowest BCUT2D eigenvalue weighted by atomic mass is 9.98. The van der Waals surface area contributed by atoms with Gasteiger partial charge in [0.15, 0.2) is 0 Å². The lowest BCUT2D eigenvalue weighted by Crippen LogP contribution is -2.00. The molecule has 0 radical (unpaired) electrons. The van der Waals surface area contributed by atoms with Gasteiger partial charge in [-0.1, -0.05) is 31.5 Å². The van der Waals surface area contributed by atoms with E-state index in [0.29, 0.717) is 5.56 Å². The van der Waals surface area contributed by atoms with Gasteiger partial charge in [-0.25, -0.2) is 9.18 Å². The summed E-state index contributed by atoms with van der Waals surface area (Å²) in [6.07, 6.45) is 0. The smallest absolute Gasteiger partial charge is 0.348 e. The zero-order chi connectivity index (χ0) is 15.0. The van der Waals surface area contributed by atoms with E-state index < -0.39 is 11.8 Å². The normalized spacial score (nSPS) is 11.1. The Morgan fingerprint density at radius 1 is 1.45 bits per heavy atom. The minimum atomic E-state index is -1.06. The van der Waals surface area contributed by atoms with Gasteiger partial charge in [0, 0.05) is 4.88 Å². The van der Waals surface area contributed by atoms with E-state index in [4.69, 9.17) is 17.3 Å². The first-order valence-corrected chi connectivity index (χ1v) is 7.13. The fourth-order valence-electron chi connectivity index (χ4n) is 2.04. The SMILES string of the molecule is CC(C)c1c(-c2ccc(F)c(Cl)c2)sc(C(=O)O)c1N. The number of anilines is 1. The van der Waals surface area contributed by atoms with Crippen molar-refractivity contribution < 1.29 is 14.3 Å². The predicted molar refractivity (Wildman–Crippen MR) is 80.2 cm³/mol. The summed E-state index contributed by atoms with van der Waals surface area (Å²) in [4.78, 5) is 12.0. The molecule has 0 saturated carbocycles. The topological polar surface area (TPSA) is 63.3 Å². The first-order valence-electron chi connectivity index (χ1n) is 5.93. The molecule has 0 aliphatic carbocycles. The Morgan fingerprint density at radius 2 is 2.10 bits per heavy atom. The third-order valence-electron chi connectivity index (χ3n) is 2.94. The zero-order valence-electron chi connectivity index (χ0n) is 10.9. The number of halogens is 2. The number of carboxylic acids is 1. The van der Waals surface area contributed by atoms with Crippen molar-refractivity contribution in [2.75, 3.05) is 5.73 Å². The van der Waals surface area contributed by atoms with E-state index in [1.807, 2.05) is 13.8 Å². The summed E-state index contributed by atoms with van der Waals surface area (Å²) in [7, 11) is 0. The Morgan fingerprint density at radius 3 is 2.60 bits per heavy atom. The minimum Gasteiger partial charge on any atom is -0.477 e. The van der Waals surface area contributed by atoms with Crippen molar-refractivity contribution in [1.82, 2.24) is 0 Å². The quantitative estimate of drug-likeness (QED) is 0.869. The van der Waals surface area contributed by atoms with E-state index in [-0.39, 0.29) is 21.5 Å². The van der Waals surface area contributed by atoms with Crippen LogP contribution in [0.5, 0.6) is 0 Å². The maximum Gasteiger partial charge on any atom is 0.348 e. The number of carbonyl (C=O) groups is 1.